The average Bonchev–Trinajstić information content (AvgIpc) is 3.04. The average molecular weight is 372 g/mol. The molecule has 0 bridgehead atoms. The molecule has 0 unspecified atom stereocenters. The Morgan fingerprint density at radius 3 is 2.68 bits per heavy atom. The summed E-state index contributed by atoms with van der Waals surface area (Å²) in [6.07, 6.45) is 2.86. The van der Waals surface area contributed by atoms with Gasteiger partial charge in [-0.3, -0.25) is 10.1 Å². The third kappa shape index (κ3) is 3.83. The Morgan fingerprint density at radius 1 is 1.32 bits per heavy atom. The minimum Gasteiger partial charge on any atom is -0.435 e. The molecule has 107 valence electrons. The first-order chi connectivity index (χ1) is 10.1. The van der Waals surface area contributed by atoms with Crippen LogP contribution in [0.25, 0.3) is 11.3 Å². The molecule has 1 radical (unpaired) electrons. The van der Waals surface area contributed by atoms with E-state index in [9.17, 15) is 9.59 Å². The van der Waals surface area contributed by atoms with Gasteiger partial charge in [-0.1, -0.05) is 28.1 Å². The summed E-state index contributed by atoms with van der Waals surface area (Å²) in [5.41, 5.74) is 0.874. The van der Waals surface area contributed by atoms with Crippen LogP contribution in [0.5, 0.6) is 0 Å². The number of carbonyl (C=O) groups excluding carboxylic acids is 2. The predicted molar refractivity (Wildman–Crippen MR) is 83.2 cm³/mol. The second kappa shape index (κ2) is 7.19. The van der Waals surface area contributed by atoms with E-state index < -0.39 is 6.03 Å². The number of aromatic nitrogens is 1. The van der Waals surface area contributed by atoms with Crippen molar-refractivity contribution in [3.05, 3.63) is 40.8 Å². The van der Waals surface area contributed by atoms with Crippen molar-refractivity contribution < 1.29 is 14.0 Å². The fourth-order valence-corrected chi connectivity index (χ4v) is 2.00. The fraction of sp³-hybridized carbons (Fsp3) is 0.0769. The van der Waals surface area contributed by atoms with Crippen LogP contribution < -0.4 is 5.32 Å². The molecular weight excluding hydrogens is 363 g/mol. The van der Waals surface area contributed by atoms with Gasteiger partial charge in [0.05, 0.1) is 6.20 Å². The van der Waals surface area contributed by atoms with E-state index in [1.807, 2.05) is 24.3 Å². The number of hydrogen-bond acceptors (Lipinski definition) is 5. The first-order valence-corrected chi connectivity index (χ1v) is 6.78. The molecule has 1 aliphatic heterocycles. The van der Waals surface area contributed by atoms with Gasteiger partial charge < -0.3 is 4.42 Å². The van der Waals surface area contributed by atoms with E-state index in [0.29, 0.717) is 5.76 Å². The van der Waals surface area contributed by atoms with Gasteiger partial charge in [0, 0.05) is 39.6 Å². The number of oxazole rings is 1. The molecule has 7 nitrogen and oxygen atoms in total. The number of imide groups is 1. The molecular formula is C13H9BrN4NaO3. The van der Waals surface area contributed by atoms with Crippen LogP contribution in [0.4, 0.5) is 4.79 Å². The summed E-state index contributed by atoms with van der Waals surface area (Å²) in [5.74, 6) is 0.450. The van der Waals surface area contributed by atoms with Crippen LogP contribution in [-0.4, -0.2) is 64.2 Å². The van der Waals surface area contributed by atoms with E-state index in [4.69, 9.17) is 4.42 Å². The van der Waals surface area contributed by atoms with E-state index in [0.717, 1.165) is 15.0 Å². The molecule has 2 aromatic rings. The number of nitrogens with zero attached hydrogens (tertiary/aromatic N) is 3. The second-order valence-corrected chi connectivity index (χ2v) is 5.14. The van der Waals surface area contributed by atoms with E-state index in [1.54, 1.807) is 6.20 Å². The van der Waals surface area contributed by atoms with Gasteiger partial charge in [0.1, 0.15) is 12.8 Å². The Labute approximate surface area is 156 Å². The zero-order chi connectivity index (χ0) is 14.8. The molecule has 1 fully saturated rings. The molecule has 0 atom stereocenters. The van der Waals surface area contributed by atoms with Crippen molar-refractivity contribution in [3.8, 4) is 11.3 Å². The molecule has 1 N–H and O–H groups in total. The van der Waals surface area contributed by atoms with Crippen molar-refractivity contribution in [3.63, 3.8) is 0 Å². The van der Waals surface area contributed by atoms with Crippen molar-refractivity contribution in [2.75, 3.05) is 6.54 Å². The fourth-order valence-electron chi connectivity index (χ4n) is 1.74. The Kier molecular flexibility index (Phi) is 5.52. The van der Waals surface area contributed by atoms with Gasteiger partial charge in [0.2, 0.25) is 11.8 Å². The largest absolute Gasteiger partial charge is 0.435 e. The summed E-state index contributed by atoms with van der Waals surface area (Å²) in [4.78, 5) is 26.3. The Balaban J connectivity index is 0.00000176. The van der Waals surface area contributed by atoms with Crippen LogP contribution in [0.15, 0.2) is 44.5 Å². The molecule has 1 aliphatic rings. The third-order valence-corrected chi connectivity index (χ3v) is 3.26. The van der Waals surface area contributed by atoms with E-state index >= 15 is 0 Å². The third-order valence-electron chi connectivity index (χ3n) is 2.73. The molecule has 3 amide bonds. The van der Waals surface area contributed by atoms with Gasteiger partial charge in [-0.2, -0.15) is 5.10 Å². The normalized spacial score (nSPS) is 14.3. The number of hydrazone groups is 1. The van der Waals surface area contributed by atoms with Crippen molar-refractivity contribution in [2.24, 2.45) is 5.10 Å². The maximum absolute atomic E-state index is 11.3. The van der Waals surface area contributed by atoms with Gasteiger partial charge in [0.15, 0.2) is 5.76 Å². The zero-order valence-corrected chi connectivity index (χ0v) is 15.2. The SMILES string of the molecule is O=C1CN(/N=C/c2ncc(-c3ccc(Br)cc3)o2)C(=O)N1.[Na]. The number of urea groups is 1. The van der Waals surface area contributed by atoms with Crippen LogP contribution in [0.2, 0.25) is 0 Å². The van der Waals surface area contributed by atoms with Gasteiger partial charge in [-0.05, 0) is 12.1 Å². The molecule has 3 rings (SSSR count). The second-order valence-electron chi connectivity index (χ2n) is 4.23. The number of amides is 3. The van der Waals surface area contributed by atoms with Crippen molar-refractivity contribution in [2.45, 2.75) is 0 Å². The van der Waals surface area contributed by atoms with Crippen LogP contribution in [0.1, 0.15) is 5.89 Å². The topological polar surface area (TPSA) is 87.8 Å². The standard InChI is InChI=1S/C13H9BrN4O3.Na/c14-9-3-1-8(2-4-9)10-5-15-12(21-10)6-16-18-7-11(19)17-13(18)20;/h1-6H,7H2,(H,17,19,20);/b16-6+;. The predicted octanol–water partition coefficient (Wildman–Crippen LogP) is 1.61. The van der Waals surface area contributed by atoms with Crippen LogP contribution in [0, 0.1) is 0 Å². The quantitative estimate of drug-likeness (QED) is 0.504. The Hall–Kier alpha value is -1.48. The molecule has 2 heterocycles. The molecule has 0 saturated carbocycles. The monoisotopic (exact) mass is 371 g/mol. The van der Waals surface area contributed by atoms with Crippen LogP contribution >= 0.6 is 15.9 Å². The summed E-state index contributed by atoms with van der Waals surface area (Å²) < 4.78 is 6.48. The summed E-state index contributed by atoms with van der Waals surface area (Å²) in [6.45, 7) is -0.102. The van der Waals surface area contributed by atoms with Crippen LogP contribution in [-0.2, 0) is 4.79 Å². The summed E-state index contributed by atoms with van der Waals surface area (Å²) >= 11 is 3.36. The molecule has 1 aromatic heterocycles. The maximum atomic E-state index is 11.3. The number of halogens is 1. The van der Waals surface area contributed by atoms with Gasteiger partial charge in [-0.25, -0.2) is 14.8 Å². The smallest absolute Gasteiger partial charge is 0.344 e. The molecule has 1 aromatic carbocycles. The number of hydrogen-bond donors (Lipinski definition) is 1. The molecule has 22 heavy (non-hydrogen) atoms. The first kappa shape index (κ1) is 16.9. The first-order valence-electron chi connectivity index (χ1n) is 5.99. The van der Waals surface area contributed by atoms with Gasteiger partial charge in [0.25, 0.3) is 0 Å². The molecule has 0 aliphatic carbocycles. The van der Waals surface area contributed by atoms with Gasteiger partial charge in [-0.15, -0.1) is 0 Å². The number of nitrogens with one attached hydrogen (secondary N) is 1. The summed E-state index contributed by atoms with van der Waals surface area (Å²) in [6, 6.07) is 7.00. The zero-order valence-electron chi connectivity index (χ0n) is 11.6. The maximum Gasteiger partial charge on any atom is 0.344 e. The van der Waals surface area contributed by atoms with Crippen molar-refractivity contribution in [1.82, 2.24) is 15.3 Å². The minimum atomic E-state index is -0.559. The summed E-state index contributed by atoms with van der Waals surface area (Å²) in [7, 11) is 0. The van der Waals surface area contributed by atoms with Gasteiger partial charge >= 0.3 is 6.03 Å². The number of carbonyl (C=O) groups is 2. The summed E-state index contributed by atoms with van der Waals surface area (Å²) in [5, 5.41) is 6.98. The minimum absolute atomic E-state index is 0. The number of rotatable bonds is 3. The Bertz CT molecular complexity index is 729. The van der Waals surface area contributed by atoms with Crippen molar-refractivity contribution >= 4 is 63.6 Å². The Morgan fingerprint density at radius 2 is 2.05 bits per heavy atom. The molecule has 9 heteroatoms. The van der Waals surface area contributed by atoms with E-state index in [-0.39, 0.29) is 47.9 Å². The molecule has 1 saturated heterocycles. The molecule has 0 spiro atoms. The van der Waals surface area contributed by atoms with Crippen molar-refractivity contribution in [1.29, 1.82) is 0 Å². The van der Waals surface area contributed by atoms with E-state index in [2.05, 4.69) is 31.3 Å². The number of benzene rings is 1. The van der Waals surface area contributed by atoms with E-state index in [1.165, 1.54) is 6.21 Å². The van der Waals surface area contributed by atoms with Crippen LogP contribution in [0.3, 0.4) is 0 Å².